The van der Waals surface area contributed by atoms with Gasteiger partial charge in [-0.25, -0.2) is 0 Å². The first-order valence-electron chi connectivity index (χ1n) is 3.88. The number of benzene rings is 1. The highest BCUT2D eigenvalue weighted by Crippen LogP contribution is 2.24. The predicted octanol–water partition coefficient (Wildman–Crippen LogP) is 2.34. The average Bonchev–Trinajstić information content (AvgIpc) is 2.08. The van der Waals surface area contributed by atoms with Gasteiger partial charge in [0.25, 0.3) is 0 Å². The molecule has 1 amide bonds. The highest BCUT2D eigenvalue weighted by molar-refractivity contribution is 6.34. The molecule has 1 aromatic rings. The summed E-state index contributed by atoms with van der Waals surface area (Å²) >= 11 is 5.90. The lowest BCUT2D eigenvalue weighted by Crippen LogP contribution is -2.06. The van der Waals surface area contributed by atoms with Gasteiger partial charge in [-0.1, -0.05) is 11.6 Å². The van der Waals surface area contributed by atoms with Crippen molar-refractivity contribution in [3.8, 4) is 0 Å². The van der Waals surface area contributed by atoms with Gasteiger partial charge in [-0.05, 0) is 18.2 Å². The van der Waals surface area contributed by atoms with Crippen molar-refractivity contribution >= 4 is 28.9 Å². The number of halogens is 1. The second-order valence-electron chi connectivity index (χ2n) is 2.63. The Bertz CT molecular complexity index is 325. The molecule has 0 saturated carbocycles. The summed E-state index contributed by atoms with van der Waals surface area (Å²) in [7, 11) is 1.81. The zero-order valence-corrected chi connectivity index (χ0v) is 8.27. The maximum atomic E-state index is 10.7. The fourth-order valence-corrected chi connectivity index (χ4v) is 1.19. The van der Waals surface area contributed by atoms with E-state index in [9.17, 15) is 4.79 Å². The smallest absolute Gasteiger partial charge is 0.221 e. The summed E-state index contributed by atoms with van der Waals surface area (Å²) in [5.41, 5.74) is 1.55. The summed E-state index contributed by atoms with van der Waals surface area (Å²) in [5.74, 6) is -0.126. The Hall–Kier alpha value is -1.22. The second kappa shape index (κ2) is 4.14. The molecule has 0 heterocycles. The molecular formula is C9H11ClN2O. The fourth-order valence-electron chi connectivity index (χ4n) is 0.962. The Morgan fingerprint density at radius 3 is 2.62 bits per heavy atom. The van der Waals surface area contributed by atoms with Crippen LogP contribution in [0.5, 0.6) is 0 Å². The van der Waals surface area contributed by atoms with Gasteiger partial charge in [-0.15, -0.1) is 0 Å². The second-order valence-corrected chi connectivity index (χ2v) is 3.03. The van der Waals surface area contributed by atoms with Crippen LogP contribution in [0.2, 0.25) is 5.02 Å². The highest BCUT2D eigenvalue weighted by Gasteiger charge is 2.01. The van der Waals surface area contributed by atoms with Gasteiger partial charge in [0.1, 0.15) is 0 Å². The van der Waals surface area contributed by atoms with Crippen molar-refractivity contribution < 1.29 is 4.79 Å². The van der Waals surface area contributed by atoms with E-state index < -0.39 is 0 Å². The topological polar surface area (TPSA) is 41.1 Å². The third-order valence-electron chi connectivity index (χ3n) is 1.57. The van der Waals surface area contributed by atoms with Gasteiger partial charge < -0.3 is 10.6 Å². The minimum Gasteiger partial charge on any atom is -0.388 e. The number of carbonyl (C=O) groups is 1. The summed E-state index contributed by atoms with van der Waals surface area (Å²) < 4.78 is 0. The number of nitrogens with one attached hydrogen (secondary N) is 2. The molecule has 4 heteroatoms. The minimum atomic E-state index is -0.126. The largest absolute Gasteiger partial charge is 0.388 e. The third kappa shape index (κ3) is 2.63. The molecule has 0 saturated heterocycles. The van der Waals surface area contributed by atoms with Crippen LogP contribution >= 0.6 is 11.6 Å². The van der Waals surface area contributed by atoms with Crippen LogP contribution in [-0.4, -0.2) is 13.0 Å². The lowest BCUT2D eigenvalue weighted by molar-refractivity contribution is -0.114. The number of amides is 1. The van der Waals surface area contributed by atoms with E-state index in [-0.39, 0.29) is 5.91 Å². The number of anilines is 2. The Morgan fingerprint density at radius 1 is 1.46 bits per heavy atom. The van der Waals surface area contributed by atoms with Gasteiger partial charge in [0.15, 0.2) is 0 Å². The van der Waals surface area contributed by atoms with Crippen molar-refractivity contribution in [2.75, 3.05) is 17.7 Å². The van der Waals surface area contributed by atoms with Gasteiger partial charge in [0.05, 0.1) is 10.7 Å². The summed E-state index contributed by atoms with van der Waals surface area (Å²) in [5, 5.41) is 6.11. The van der Waals surface area contributed by atoms with Crippen molar-refractivity contribution in [1.82, 2.24) is 0 Å². The van der Waals surface area contributed by atoms with Crippen molar-refractivity contribution in [3.05, 3.63) is 23.2 Å². The Kier molecular flexibility index (Phi) is 3.14. The number of rotatable bonds is 2. The Morgan fingerprint density at radius 2 is 2.15 bits per heavy atom. The van der Waals surface area contributed by atoms with E-state index in [2.05, 4.69) is 10.6 Å². The number of hydrogen-bond donors (Lipinski definition) is 2. The fraction of sp³-hybridized carbons (Fsp3) is 0.222. The van der Waals surface area contributed by atoms with E-state index in [1.807, 2.05) is 13.1 Å². The van der Waals surface area contributed by atoms with Crippen LogP contribution in [0.1, 0.15) is 6.92 Å². The van der Waals surface area contributed by atoms with E-state index in [1.54, 1.807) is 12.1 Å². The monoisotopic (exact) mass is 198 g/mol. The Balaban J connectivity index is 2.91. The van der Waals surface area contributed by atoms with Crippen molar-refractivity contribution in [3.63, 3.8) is 0 Å². The lowest BCUT2D eigenvalue weighted by atomic mass is 10.3. The SMILES string of the molecule is CNc1ccc(NC(C)=O)c(Cl)c1. The number of hydrogen-bond acceptors (Lipinski definition) is 2. The van der Waals surface area contributed by atoms with Gasteiger partial charge in [0, 0.05) is 19.7 Å². The van der Waals surface area contributed by atoms with E-state index >= 15 is 0 Å². The van der Waals surface area contributed by atoms with E-state index in [0.717, 1.165) is 5.69 Å². The van der Waals surface area contributed by atoms with Crippen LogP contribution < -0.4 is 10.6 Å². The zero-order valence-electron chi connectivity index (χ0n) is 7.52. The third-order valence-corrected chi connectivity index (χ3v) is 1.88. The molecule has 0 aromatic heterocycles. The van der Waals surface area contributed by atoms with Crippen molar-refractivity contribution in [2.24, 2.45) is 0 Å². The molecule has 0 atom stereocenters. The molecule has 70 valence electrons. The minimum absolute atomic E-state index is 0.126. The molecule has 0 fully saturated rings. The summed E-state index contributed by atoms with van der Waals surface area (Å²) in [4.78, 5) is 10.7. The molecule has 0 bridgehead atoms. The van der Waals surface area contributed by atoms with Crippen LogP contribution in [0.3, 0.4) is 0 Å². The number of carbonyl (C=O) groups excluding carboxylic acids is 1. The Labute approximate surface area is 82.1 Å². The highest BCUT2D eigenvalue weighted by atomic mass is 35.5. The molecule has 1 rings (SSSR count). The molecule has 0 aliphatic heterocycles. The molecule has 13 heavy (non-hydrogen) atoms. The predicted molar refractivity (Wildman–Crippen MR) is 55.3 cm³/mol. The molecule has 3 nitrogen and oxygen atoms in total. The van der Waals surface area contributed by atoms with Crippen LogP contribution in [0.15, 0.2) is 18.2 Å². The molecule has 0 aliphatic carbocycles. The van der Waals surface area contributed by atoms with E-state index in [0.29, 0.717) is 10.7 Å². The quantitative estimate of drug-likeness (QED) is 0.766. The normalized spacial score (nSPS) is 9.46. The molecule has 0 unspecified atom stereocenters. The van der Waals surface area contributed by atoms with Crippen LogP contribution in [-0.2, 0) is 4.79 Å². The summed E-state index contributed by atoms with van der Waals surface area (Å²) in [6, 6.07) is 5.36. The molecule has 0 radical (unpaired) electrons. The van der Waals surface area contributed by atoms with Gasteiger partial charge in [-0.3, -0.25) is 4.79 Å². The van der Waals surface area contributed by atoms with Crippen molar-refractivity contribution in [1.29, 1.82) is 0 Å². The van der Waals surface area contributed by atoms with Gasteiger partial charge in [0.2, 0.25) is 5.91 Å². The first-order valence-corrected chi connectivity index (χ1v) is 4.26. The van der Waals surface area contributed by atoms with Crippen LogP contribution in [0.25, 0.3) is 0 Å². The molecule has 0 aliphatic rings. The zero-order chi connectivity index (χ0) is 9.84. The van der Waals surface area contributed by atoms with Gasteiger partial charge >= 0.3 is 0 Å². The first kappa shape index (κ1) is 9.86. The van der Waals surface area contributed by atoms with Crippen LogP contribution in [0.4, 0.5) is 11.4 Å². The average molecular weight is 199 g/mol. The van der Waals surface area contributed by atoms with Crippen molar-refractivity contribution in [2.45, 2.75) is 6.92 Å². The molecule has 0 spiro atoms. The molecule has 1 aromatic carbocycles. The van der Waals surface area contributed by atoms with Crippen LogP contribution in [0, 0.1) is 0 Å². The molecule has 2 N–H and O–H groups in total. The summed E-state index contributed by atoms with van der Waals surface area (Å²) in [6.45, 7) is 1.45. The first-order chi connectivity index (χ1) is 6.13. The summed E-state index contributed by atoms with van der Waals surface area (Å²) in [6.07, 6.45) is 0. The maximum absolute atomic E-state index is 10.7. The van der Waals surface area contributed by atoms with Gasteiger partial charge in [-0.2, -0.15) is 0 Å². The lowest BCUT2D eigenvalue weighted by Gasteiger charge is -2.06. The molecular weight excluding hydrogens is 188 g/mol. The van der Waals surface area contributed by atoms with E-state index in [1.165, 1.54) is 6.92 Å². The standard InChI is InChI=1S/C9H11ClN2O/c1-6(13)12-9-4-3-7(11-2)5-8(9)10/h3-5,11H,1-2H3,(H,12,13). The maximum Gasteiger partial charge on any atom is 0.221 e. The van der Waals surface area contributed by atoms with E-state index in [4.69, 9.17) is 11.6 Å².